The summed E-state index contributed by atoms with van der Waals surface area (Å²) in [7, 11) is 0. The van der Waals surface area contributed by atoms with Gasteiger partial charge in [0.15, 0.2) is 16.5 Å². The summed E-state index contributed by atoms with van der Waals surface area (Å²) in [4.78, 5) is 50.4. The van der Waals surface area contributed by atoms with Gasteiger partial charge in [0.2, 0.25) is 11.8 Å². The van der Waals surface area contributed by atoms with Gasteiger partial charge in [-0.15, -0.1) is 0 Å². The van der Waals surface area contributed by atoms with Gasteiger partial charge in [0.1, 0.15) is 13.1 Å². The van der Waals surface area contributed by atoms with Crippen molar-refractivity contribution in [1.82, 2.24) is 31.9 Å². The molecular weight excluding hydrogens is 649 g/mol. The molecule has 6 N–H and O–H groups in total. The third-order valence-corrected chi connectivity index (χ3v) is 8.93. The fourth-order valence-corrected chi connectivity index (χ4v) is 6.74. The van der Waals surface area contributed by atoms with Crippen LogP contribution in [-0.2, 0) is 38.1 Å². The first-order valence-electron chi connectivity index (χ1n) is 15.9. The molecule has 0 spiro atoms. The highest BCUT2D eigenvalue weighted by molar-refractivity contribution is 7.80. The Bertz CT molecular complexity index is 1230. The van der Waals surface area contributed by atoms with Gasteiger partial charge in [-0.3, -0.25) is 19.2 Å². The number of benzene rings is 1. The number of hydrogen-bond donors (Lipinski definition) is 6. The van der Waals surface area contributed by atoms with Crippen LogP contribution in [0.3, 0.4) is 0 Å². The van der Waals surface area contributed by atoms with Crippen LogP contribution in [0.5, 0.6) is 0 Å². The number of hydrogen-bond acceptors (Lipinski definition) is 10. The summed E-state index contributed by atoms with van der Waals surface area (Å²) in [5.41, 5.74) is 2.01. The Kier molecular flexibility index (Phi) is 13.5. The second-order valence-electron chi connectivity index (χ2n) is 11.5. The molecule has 2 amide bonds. The molecule has 1 saturated heterocycles. The van der Waals surface area contributed by atoms with Crippen LogP contribution in [0.1, 0.15) is 37.7 Å². The molecule has 2 bridgehead atoms. The summed E-state index contributed by atoms with van der Waals surface area (Å²) in [6.45, 7) is 7.01. The predicted octanol–water partition coefficient (Wildman–Crippen LogP) is -0.0535. The monoisotopic (exact) mass is 692 g/mol. The van der Waals surface area contributed by atoms with E-state index in [1.165, 1.54) is 0 Å². The Morgan fingerprint density at radius 1 is 0.702 bits per heavy atom. The van der Waals surface area contributed by atoms with Crippen LogP contribution in [0, 0.1) is 30.6 Å². The fourth-order valence-electron chi connectivity index (χ4n) is 6.39. The molecule has 0 radical (unpaired) electrons. The maximum absolute atomic E-state index is 13.7. The number of esters is 2. The van der Waals surface area contributed by atoms with Gasteiger partial charge in [0.25, 0.3) is 0 Å². The molecule has 14 nitrogen and oxygen atoms in total. The average molecular weight is 693 g/mol. The first kappa shape index (κ1) is 36.2. The molecule has 6 unspecified atom stereocenters. The van der Waals surface area contributed by atoms with Gasteiger partial charge in [0, 0.05) is 43.6 Å². The highest BCUT2D eigenvalue weighted by Gasteiger charge is 2.66. The first-order valence-corrected chi connectivity index (χ1v) is 16.7. The average Bonchev–Trinajstić information content (AvgIpc) is 3.75. The Hall–Kier alpha value is -3.60. The standard InChI is InChI=1S/C31H44N6O8S2/c1-4-42-21(38)15-36-30(46)34-12-10-32-27(40)23-19-14-20(26-25(19)44-29(45-26)18-8-6-17(3)7-9-18)24(23)28(41)33-11-13-35-31(47)37-16-22(39)43-5-2/h6-9,19-20,23-26,29H,4-5,10-16H2,1-3H3,(H,32,40)(H,33,41)(H2,34,36,46)(H2,35,37,47). The van der Waals surface area contributed by atoms with E-state index in [0.29, 0.717) is 19.5 Å². The molecule has 1 aliphatic heterocycles. The number of fused-ring (bicyclic) bond motifs is 5. The van der Waals surface area contributed by atoms with E-state index < -0.39 is 30.1 Å². The number of aryl methyl sites for hydroxylation is 1. The quantitative estimate of drug-likeness (QED) is 0.0819. The van der Waals surface area contributed by atoms with Crippen molar-refractivity contribution < 1.29 is 38.1 Å². The molecule has 1 heterocycles. The number of carbonyl (C=O) groups excluding carboxylic acids is 4. The summed E-state index contributed by atoms with van der Waals surface area (Å²) in [5, 5.41) is 17.8. The van der Waals surface area contributed by atoms with Crippen LogP contribution in [-0.4, -0.2) is 98.7 Å². The lowest BCUT2D eigenvalue weighted by molar-refractivity contribution is -0.142. The van der Waals surface area contributed by atoms with E-state index in [-0.39, 0.29) is 85.5 Å². The zero-order valence-electron chi connectivity index (χ0n) is 26.8. The van der Waals surface area contributed by atoms with E-state index >= 15 is 0 Å². The summed E-state index contributed by atoms with van der Waals surface area (Å²) >= 11 is 10.4. The third-order valence-electron chi connectivity index (χ3n) is 8.35. The molecule has 1 aromatic rings. The van der Waals surface area contributed by atoms with Crippen LogP contribution in [0.4, 0.5) is 0 Å². The predicted molar refractivity (Wildman–Crippen MR) is 179 cm³/mol. The zero-order chi connectivity index (χ0) is 33.9. The number of rotatable bonds is 15. The minimum atomic E-state index is -0.615. The van der Waals surface area contributed by atoms with E-state index in [1.807, 2.05) is 31.2 Å². The number of nitrogens with one attached hydrogen (secondary N) is 6. The Morgan fingerprint density at radius 2 is 1.13 bits per heavy atom. The second-order valence-corrected chi connectivity index (χ2v) is 12.3. The summed E-state index contributed by atoms with van der Waals surface area (Å²) in [5.74, 6) is -2.96. The Morgan fingerprint density at radius 3 is 1.55 bits per heavy atom. The molecule has 6 atom stereocenters. The summed E-state index contributed by atoms with van der Waals surface area (Å²) < 4.78 is 22.5. The van der Waals surface area contributed by atoms with Gasteiger partial charge in [-0.2, -0.15) is 0 Å². The van der Waals surface area contributed by atoms with E-state index in [9.17, 15) is 19.2 Å². The Labute approximate surface area is 285 Å². The summed E-state index contributed by atoms with van der Waals surface area (Å²) in [6.07, 6.45) is -0.560. The third kappa shape index (κ3) is 9.72. The maximum atomic E-state index is 13.7. The SMILES string of the molecule is CCOC(=O)CNC(=S)NCCNC(=O)C1C2CC(C3OC(c4ccc(C)cc4)OC23)C1C(=O)NCCNC(=S)NCC(=O)OCC. The lowest BCUT2D eigenvalue weighted by atomic mass is 9.75. The lowest BCUT2D eigenvalue weighted by Crippen LogP contribution is -2.53. The highest BCUT2D eigenvalue weighted by atomic mass is 32.1. The van der Waals surface area contributed by atoms with Gasteiger partial charge in [-0.05, 0) is 51.6 Å². The topological polar surface area (TPSA) is 177 Å². The van der Waals surface area contributed by atoms with Crippen LogP contribution < -0.4 is 31.9 Å². The summed E-state index contributed by atoms with van der Waals surface area (Å²) in [6, 6.07) is 7.93. The lowest BCUT2D eigenvalue weighted by Gasteiger charge is -2.34. The van der Waals surface area contributed by atoms with Crippen molar-refractivity contribution in [2.75, 3.05) is 52.5 Å². The van der Waals surface area contributed by atoms with E-state index in [2.05, 4.69) is 31.9 Å². The van der Waals surface area contributed by atoms with Crippen molar-refractivity contribution in [1.29, 1.82) is 0 Å². The van der Waals surface area contributed by atoms with Crippen LogP contribution in [0.2, 0.25) is 0 Å². The van der Waals surface area contributed by atoms with Crippen LogP contribution >= 0.6 is 24.4 Å². The molecule has 0 aromatic heterocycles. The molecule has 47 heavy (non-hydrogen) atoms. The second kappa shape index (κ2) is 17.5. The minimum Gasteiger partial charge on any atom is -0.465 e. The number of ether oxygens (including phenoxy) is 4. The molecule has 2 saturated carbocycles. The van der Waals surface area contributed by atoms with Crippen molar-refractivity contribution in [3.63, 3.8) is 0 Å². The van der Waals surface area contributed by atoms with Gasteiger partial charge in [-0.25, -0.2) is 0 Å². The highest BCUT2D eigenvalue weighted by Crippen LogP contribution is 2.58. The van der Waals surface area contributed by atoms with Crippen molar-refractivity contribution in [3.05, 3.63) is 35.4 Å². The zero-order valence-corrected chi connectivity index (χ0v) is 28.4. The van der Waals surface area contributed by atoms with Gasteiger partial charge >= 0.3 is 11.9 Å². The van der Waals surface area contributed by atoms with Crippen molar-refractivity contribution in [3.8, 4) is 0 Å². The Balaban J connectivity index is 1.33. The van der Waals surface area contributed by atoms with Gasteiger partial charge < -0.3 is 50.8 Å². The number of thiocarbonyl (C=S) groups is 2. The molecule has 1 aromatic carbocycles. The maximum Gasteiger partial charge on any atom is 0.325 e. The van der Waals surface area contributed by atoms with Crippen molar-refractivity contribution >= 4 is 58.4 Å². The minimum absolute atomic E-state index is 0.0619. The largest absolute Gasteiger partial charge is 0.465 e. The van der Waals surface area contributed by atoms with Crippen LogP contribution in [0.15, 0.2) is 24.3 Å². The normalized spacial score (nSPS) is 25.2. The fraction of sp³-hybridized carbons (Fsp3) is 0.613. The smallest absolute Gasteiger partial charge is 0.325 e. The molecule has 16 heteroatoms. The van der Waals surface area contributed by atoms with E-state index in [4.69, 9.17) is 43.4 Å². The van der Waals surface area contributed by atoms with E-state index in [0.717, 1.165) is 11.1 Å². The molecular formula is C31H44N6O8S2. The van der Waals surface area contributed by atoms with Crippen molar-refractivity contribution in [2.24, 2.45) is 23.7 Å². The molecule has 258 valence electrons. The number of carbonyl (C=O) groups is 4. The van der Waals surface area contributed by atoms with Gasteiger partial charge in [0.05, 0.1) is 37.3 Å². The van der Waals surface area contributed by atoms with E-state index in [1.54, 1.807) is 13.8 Å². The van der Waals surface area contributed by atoms with Crippen LogP contribution in [0.25, 0.3) is 0 Å². The molecule has 3 fully saturated rings. The number of amides is 2. The molecule has 4 rings (SSSR count). The first-order chi connectivity index (χ1) is 22.6. The molecule has 3 aliphatic rings. The van der Waals surface area contributed by atoms with Crippen molar-refractivity contribution in [2.45, 2.75) is 45.7 Å². The van der Waals surface area contributed by atoms with Gasteiger partial charge in [-0.1, -0.05) is 29.8 Å². The molecule has 2 aliphatic carbocycles.